The lowest BCUT2D eigenvalue weighted by atomic mass is 10.0. The number of hydrogen-bond donors (Lipinski definition) is 1. The number of azo groups is 1. The standard InChI is InChI=1S/C17H12N2O2/c20-11-13-10-12-6-4-5-9-15(12)16(17(13)21)19-18-14-7-2-1-3-8-14/h1-11,21H. The van der Waals surface area contributed by atoms with E-state index in [4.69, 9.17) is 0 Å². The average molecular weight is 276 g/mol. The second-order valence-electron chi connectivity index (χ2n) is 4.54. The van der Waals surface area contributed by atoms with Crippen LogP contribution in [0.1, 0.15) is 10.4 Å². The van der Waals surface area contributed by atoms with Gasteiger partial charge in [0.2, 0.25) is 0 Å². The molecule has 0 aliphatic carbocycles. The number of aldehydes is 1. The molecule has 0 radical (unpaired) electrons. The molecule has 1 N–H and O–H groups in total. The van der Waals surface area contributed by atoms with Gasteiger partial charge in [-0.05, 0) is 23.6 Å². The SMILES string of the molecule is O=Cc1cc2ccccc2c(N=Nc2ccccc2)c1O. The summed E-state index contributed by atoms with van der Waals surface area (Å²) in [5, 5.41) is 20.0. The largest absolute Gasteiger partial charge is 0.505 e. The number of carbonyl (C=O) groups is 1. The number of rotatable bonds is 3. The van der Waals surface area contributed by atoms with Crippen molar-refractivity contribution >= 4 is 28.4 Å². The van der Waals surface area contributed by atoms with Crippen molar-refractivity contribution in [2.24, 2.45) is 10.2 Å². The lowest BCUT2D eigenvalue weighted by molar-refractivity contribution is 0.112. The van der Waals surface area contributed by atoms with Crippen LogP contribution in [-0.4, -0.2) is 11.4 Å². The maximum absolute atomic E-state index is 11.1. The molecule has 0 heterocycles. The Morgan fingerprint density at radius 3 is 2.38 bits per heavy atom. The zero-order chi connectivity index (χ0) is 14.7. The maximum Gasteiger partial charge on any atom is 0.154 e. The van der Waals surface area contributed by atoms with Crippen molar-refractivity contribution in [2.75, 3.05) is 0 Å². The van der Waals surface area contributed by atoms with Crippen LogP contribution in [0.3, 0.4) is 0 Å². The molecule has 0 fully saturated rings. The smallest absolute Gasteiger partial charge is 0.154 e. The van der Waals surface area contributed by atoms with E-state index in [0.717, 1.165) is 10.8 Å². The van der Waals surface area contributed by atoms with Gasteiger partial charge in [0, 0.05) is 5.39 Å². The fourth-order valence-corrected chi connectivity index (χ4v) is 2.13. The molecule has 0 amide bonds. The molecule has 3 rings (SSSR count). The molecule has 0 aliphatic rings. The fourth-order valence-electron chi connectivity index (χ4n) is 2.13. The van der Waals surface area contributed by atoms with Crippen molar-refractivity contribution in [1.29, 1.82) is 0 Å². The summed E-state index contributed by atoms with van der Waals surface area (Å²) in [6.45, 7) is 0. The Labute approximate surface area is 121 Å². The van der Waals surface area contributed by atoms with Gasteiger partial charge in [-0.1, -0.05) is 42.5 Å². The molecule has 0 saturated carbocycles. The molecule has 0 spiro atoms. The number of benzene rings is 3. The molecule has 3 aromatic carbocycles. The van der Waals surface area contributed by atoms with Gasteiger partial charge in [0.05, 0.1) is 11.3 Å². The van der Waals surface area contributed by atoms with E-state index in [0.29, 0.717) is 17.7 Å². The number of phenolic OH excluding ortho intramolecular Hbond substituents is 1. The summed E-state index contributed by atoms with van der Waals surface area (Å²) in [4.78, 5) is 11.1. The Morgan fingerprint density at radius 2 is 1.62 bits per heavy atom. The topological polar surface area (TPSA) is 62.0 Å². The van der Waals surface area contributed by atoms with Crippen molar-refractivity contribution in [2.45, 2.75) is 0 Å². The Hall–Kier alpha value is -3.01. The number of hydrogen-bond acceptors (Lipinski definition) is 4. The highest BCUT2D eigenvalue weighted by atomic mass is 16.3. The van der Waals surface area contributed by atoms with Crippen LogP contribution in [0.4, 0.5) is 11.4 Å². The molecule has 0 aliphatic heterocycles. The highest BCUT2D eigenvalue weighted by Gasteiger charge is 2.11. The Kier molecular flexibility index (Phi) is 3.43. The zero-order valence-corrected chi connectivity index (χ0v) is 11.1. The zero-order valence-electron chi connectivity index (χ0n) is 11.1. The van der Waals surface area contributed by atoms with Gasteiger partial charge in [-0.3, -0.25) is 4.79 Å². The number of phenols is 1. The van der Waals surface area contributed by atoms with E-state index in [9.17, 15) is 9.90 Å². The monoisotopic (exact) mass is 276 g/mol. The normalized spacial score (nSPS) is 11.0. The predicted molar refractivity (Wildman–Crippen MR) is 81.6 cm³/mol. The van der Waals surface area contributed by atoms with Gasteiger partial charge in [-0.25, -0.2) is 0 Å². The lowest BCUT2D eigenvalue weighted by Crippen LogP contribution is -1.84. The van der Waals surface area contributed by atoms with E-state index in [-0.39, 0.29) is 11.3 Å². The summed E-state index contributed by atoms with van der Waals surface area (Å²) in [6.07, 6.45) is 0.614. The van der Waals surface area contributed by atoms with Crippen molar-refractivity contribution in [3.63, 3.8) is 0 Å². The van der Waals surface area contributed by atoms with Crippen molar-refractivity contribution in [1.82, 2.24) is 0 Å². The van der Waals surface area contributed by atoms with E-state index in [1.165, 1.54) is 0 Å². The fraction of sp³-hybridized carbons (Fsp3) is 0. The molecular formula is C17H12N2O2. The lowest BCUT2D eigenvalue weighted by Gasteiger charge is -2.06. The summed E-state index contributed by atoms with van der Waals surface area (Å²) in [7, 11) is 0. The number of aromatic hydroxyl groups is 1. The molecule has 21 heavy (non-hydrogen) atoms. The van der Waals surface area contributed by atoms with E-state index in [2.05, 4.69) is 10.2 Å². The molecule has 0 saturated heterocycles. The summed E-state index contributed by atoms with van der Waals surface area (Å²) in [5.74, 6) is -0.150. The van der Waals surface area contributed by atoms with Gasteiger partial charge in [0.1, 0.15) is 5.69 Å². The molecule has 4 heteroatoms. The van der Waals surface area contributed by atoms with Gasteiger partial charge in [-0.2, -0.15) is 5.11 Å². The van der Waals surface area contributed by atoms with Crippen molar-refractivity contribution in [3.05, 3.63) is 66.2 Å². The van der Waals surface area contributed by atoms with Gasteiger partial charge in [0.25, 0.3) is 0 Å². The summed E-state index contributed by atoms with van der Waals surface area (Å²) in [6, 6.07) is 18.3. The molecule has 3 aromatic rings. The Bertz CT molecular complexity index is 827. The highest BCUT2D eigenvalue weighted by Crippen LogP contribution is 2.38. The first-order chi connectivity index (χ1) is 10.3. The minimum absolute atomic E-state index is 0.150. The Morgan fingerprint density at radius 1 is 0.905 bits per heavy atom. The number of fused-ring (bicyclic) bond motifs is 1. The van der Waals surface area contributed by atoms with Gasteiger partial charge in [0.15, 0.2) is 12.0 Å². The van der Waals surface area contributed by atoms with E-state index in [1.807, 2.05) is 54.6 Å². The van der Waals surface area contributed by atoms with Crippen LogP contribution in [0.5, 0.6) is 5.75 Å². The third-order valence-electron chi connectivity index (χ3n) is 3.17. The van der Waals surface area contributed by atoms with Crippen LogP contribution in [-0.2, 0) is 0 Å². The first-order valence-electron chi connectivity index (χ1n) is 6.46. The first-order valence-corrected chi connectivity index (χ1v) is 6.46. The second-order valence-corrected chi connectivity index (χ2v) is 4.54. The molecule has 0 aromatic heterocycles. The average Bonchev–Trinajstić information content (AvgIpc) is 2.54. The highest BCUT2D eigenvalue weighted by molar-refractivity contribution is 6.01. The first kappa shape index (κ1) is 13.0. The van der Waals surface area contributed by atoms with Crippen LogP contribution in [0.2, 0.25) is 0 Å². The molecule has 4 nitrogen and oxygen atoms in total. The van der Waals surface area contributed by atoms with Crippen LogP contribution in [0, 0.1) is 0 Å². The minimum atomic E-state index is -0.150. The van der Waals surface area contributed by atoms with E-state index < -0.39 is 0 Å². The van der Waals surface area contributed by atoms with E-state index in [1.54, 1.807) is 6.07 Å². The number of nitrogens with zero attached hydrogens (tertiary/aromatic N) is 2. The van der Waals surface area contributed by atoms with Crippen LogP contribution < -0.4 is 0 Å². The third kappa shape index (κ3) is 2.51. The van der Waals surface area contributed by atoms with Crippen LogP contribution in [0.25, 0.3) is 10.8 Å². The minimum Gasteiger partial charge on any atom is -0.505 e. The molecular weight excluding hydrogens is 264 g/mol. The van der Waals surface area contributed by atoms with Gasteiger partial charge >= 0.3 is 0 Å². The quantitative estimate of drug-likeness (QED) is 0.553. The van der Waals surface area contributed by atoms with Gasteiger partial charge in [-0.15, -0.1) is 5.11 Å². The van der Waals surface area contributed by atoms with E-state index >= 15 is 0 Å². The molecule has 0 unspecified atom stereocenters. The summed E-state index contributed by atoms with van der Waals surface area (Å²) in [5.41, 5.74) is 1.19. The maximum atomic E-state index is 11.1. The predicted octanol–water partition coefficient (Wildman–Crippen LogP) is 4.77. The van der Waals surface area contributed by atoms with Crippen molar-refractivity contribution < 1.29 is 9.90 Å². The van der Waals surface area contributed by atoms with Crippen molar-refractivity contribution in [3.8, 4) is 5.75 Å². The molecule has 0 atom stereocenters. The summed E-state index contributed by atoms with van der Waals surface area (Å²) < 4.78 is 0. The second kappa shape index (κ2) is 5.54. The number of carbonyl (C=O) groups excluding carboxylic acids is 1. The molecule has 102 valence electrons. The summed E-state index contributed by atoms with van der Waals surface area (Å²) >= 11 is 0. The van der Waals surface area contributed by atoms with Gasteiger partial charge < -0.3 is 5.11 Å². The third-order valence-corrected chi connectivity index (χ3v) is 3.17. The van der Waals surface area contributed by atoms with Crippen LogP contribution >= 0.6 is 0 Å². The van der Waals surface area contributed by atoms with Crippen LogP contribution in [0.15, 0.2) is 70.9 Å². The Balaban J connectivity index is 2.18. The molecule has 0 bridgehead atoms.